The number of esters is 1. The molecule has 6 nitrogen and oxygen atoms in total. The van der Waals surface area contributed by atoms with E-state index in [0.29, 0.717) is 25.9 Å². The standard InChI is InChI=1S/C59H115NO5/c1-3-5-7-9-11-13-15-17-19-21-22-24-26-28-33-37-41-45-49-53-59(64)65-54-50-46-42-38-34-30-29-32-36-40-44-48-52-58(63)60-56(55-61)57(62)51-47-43-39-35-31-27-25-23-20-18-16-14-12-10-8-6-4-2/h17,19,56-57,61-62H,3-16,18,20-55H2,1-2H3,(H,60,63)/b19-17-. The molecule has 0 fully saturated rings. The number of nitrogens with one attached hydrogen (secondary N) is 1. The third-order valence-electron chi connectivity index (χ3n) is 13.8. The molecule has 0 aromatic carbocycles. The van der Waals surface area contributed by atoms with E-state index in [-0.39, 0.29) is 18.5 Å². The van der Waals surface area contributed by atoms with E-state index in [4.69, 9.17) is 4.74 Å². The minimum absolute atomic E-state index is 0.00867. The van der Waals surface area contributed by atoms with Gasteiger partial charge in [-0.25, -0.2) is 0 Å². The van der Waals surface area contributed by atoms with E-state index in [1.54, 1.807) is 0 Å². The van der Waals surface area contributed by atoms with Gasteiger partial charge in [0.05, 0.1) is 25.4 Å². The molecule has 6 heteroatoms. The lowest BCUT2D eigenvalue weighted by atomic mass is 10.0. The van der Waals surface area contributed by atoms with Crippen LogP contribution < -0.4 is 5.32 Å². The summed E-state index contributed by atoms with van der Waals surface area (Å²) >= 11 is 0. The van der Waals surface area contributed by atoms with E-state index in [0.717, 1.165) is 57.8 Å². The number of carbonyl (C=O) groups excluding carboxylic acids is 2. The molecule has 0 aromatic rings. The maximum absolute atomic E-state index is 12.5. The fourth-order valence-electron chi connectivity index (χ4n) is 9.28. The second kappa shape index (κ2) is 55.2. The number of ether oxygens (including phenoxy) is 1. The van der Waals surface area contributed by atoms with Crippen molar-refractivity contribution in [3.63, 3.8) is 0 Å². The third-order valence-corrected chi connectivity index (χ3v) is 13.8. The molecule has 1 amide bonds. The largest absolute Gasteiger partial charge is 0.466 e. The van der Waals surface area contributed by atoms with Crippen LogP contribution in [0.25, 0.3) is 0 Å². The Kier molecular flexibility index (Phi) is 54.0. The van der Waals surface area contributed by atoms with Gasteiger partial charge in [-0.2, -0.15) is 0 Å². The number of rotatable bonds is 55. The fraction of sp³-hybridized carbons (Fsp3) is 0.932. The Labute approximate surface area is 406 Å². The molecule has 0 aliphatic rings. The van der Waals surface area contributed by atoms with Gasteiger partial charge in [0.1, 0.15) is 0 Å². The summed E-state index contributed by atoms with van der Waals surface area (Å²) in [6.45, 7) is 4.94. The van der Waals surface area contributed by atoms with Crippen LogP contribution in [-0.2, 0) is 14.3 Å². The van der Waals surface area contributed by atoms with Crippen LogP contribution in [0.5, 0.6) is 0 Å². The van der Waals surface area contributed by atoms with Gasteiger partial charge in [0.25, 0.3) is 0 Å². The van der Waals surface area contributed by atoms with Crippen molar-refractivity contribution in [3.05, 3.63) is 12.2 Å². The van der Waals surface area contributed by atoms with Crippen molar-refractivity contribution in [3.8, 4) is 0 Å². The zero-order valence-corrected chi connectivity index (χ0v) is 44.0. The van der Waals surface area contributed by atoms with E-state index in [2.05, 4.69) is 31.3 Å². The molecule has 0 aliphatic carbocycles. The molecule has 0 aliphatic heterocycles. The van der Waals surface area contributed by atoms with Crippen molar-refractivity contribution in [1.29, 1.82) is 0 Å². The van der Waals surface area contributed by atoms with Crippen molar-refractivity contribution < 1.29 is 24.5 Å². The summed E-state index contributed by atoms with van der Waals surface area (Å²) in [4.78, 5) is 24.6. The summed E-state index contributed by atoms with van der Waals surface area (Å²) < 4.78 is 5.48. The van der Waals surface area contributed by atoms with E-state index in [9.17, 15) is 19.8 Å². The monoisotopic (exact) mass is 918 g/mol. The summed E-state index contributed by atoms with van der Waals surface area (Å²) in [7, 11) is 0. The van der Waals surface area contributed by atoms with Crippen molar-refractivity contribution in [1.82, 2.24) is 5.32 Å². The number of unbranched alkanes of at least 4 members (excludes halogenated alkanes) is 42. The van der Waals surface area contributed by atoms with Gasteiger partial charge in [0, 0.05) is 12.8 Å². The first-order valence-corrected chi connectivity index (χ1v) is 29.4. The summed E-state index contributed by atoms with van der Waals surface area (Å²) in [6, 6.07) is -0.553. The lowest BCUT2D eigenvalue weighted by molar-refractivity contribution is -0.143. The molecule has 0 bridgehead atoms. The van der Waals surface area contributed by atoms with Crippen LogP contribution >= 0.6 is 0 Å². The fourth-order valence-corrected chi connectivity index (χ4v) is 9.28. The zero-order valence-electron chi connectivity index (χ0n) is 44.0. The molecular formula is C59H115NO5. The van der Waals surface area contributed by atoms with Crippen molar-refractivity contribution in [2.45, 2.75) is 341 Å². The van der Waals surface area contributed by atoms with Crippen LogP contribution in [-0.4, -0.2) is 47.4 Å². The van der Waals surface area contributed by atoms with Gasteiger partial charge >= 0.3 is 5.97 Å². The second-order valence-electron chi connectivity index (χ2n) is 20.3. The Bertz CT molecular complexity index is 970. The summed E-state index contributed by atoms with van der Waals surface area (Å²) in [5.74, 6) is -0.0564. The molecule has 386 valence electrons. The van der Waals surface area contributed by atoms with Gasteiger partial charge in [-0.15, -0.1) is 0 Å². The van der Waals surface area contributed by atoms with Crippen LogP contribution in [0, 0.1) is 0 Å². The predicted octanol–water partition coefficient (Wildman–Crippen LogP) is 18.1. The highest BCUT2D eigenvalue weighted by Gasteiger charge is 2.20. The molecule has 0 saturated carbocycles. The molecule has 0 radical (unpaired) electrons. The van der Waals surface area contributed by atoms with Gasteiger partial charge in [-0.3, -0.25) is 9.59 Å². The molecule has 0 saturated heterocycles. The van der Waals surface area contributed by atoms with Gasteiger partial charge in [-0.05, 0) is 51.4 Å². The molecule has 0 heterocycles. The minimum Gasteiger partial charge on any atom is -0.466 e. The predicted molar refractivity (Wildman–Crippen MR) is 283 cm³/mol. The highest BCUT2D eigenvalue weighted by Crippen LogP contribution is 2.17. The van der Waals surface area contributed by atoms with Crippen LogP contribution in [0.2, 0.25) is 0 Å². The smallest absolute Gasteiger partial charge is 0.305 e. The minimum atomic E-state index is -0.674. The van der Waals surface area contributed by atoms with Gasteiger partial charge in [0.15, 0.2) is 0 Å². The topological polar surface area (TPSA) is 95.9 Å². The summed E-state index contributed by atoms with van der Waals surface area (Å²) in [6.07, 6.45) is 64.8. The Morgan fingerprint density at radius 3 is 1.09 bits per heavy atom. The van der Waals surface area contributed by atoms with Crippen molar-refractivity contribution in [2.75, 3.05) is 13.2 Å². The van der Waals surface area contributed by atoms with Crippen molar-refractivity contribution >= 4 is 11.9 Å². The first-order chi connectivity index (χ1) is 32.0. The van der Waals surface area contributed by atoms with Gasteiger partial charge in [0.2, 0.25) is 5.91 Å². The van der Waals surface area contributed by atoms with Gasteiger partial charge < -0.3 is 20.3 Å². The number of aliphatic hydroxyl groups is 2. The molecule has 2 atom stereocenters. The summed E-state index contributed by atoms with van der Waals surface area (Å²) in [5, 5.41) is 23.3. The van der Waals surface area contributed by atoms with E-state index >= 15 is 0 Å². The van der Waals surface area contributed by atoms with Crippen LogP contribution in [0.3, 0.4) is 0 Å². The van der Waals surface area contributed by atoms with Crippen LogP contribution in [0.15, 0.2) is 12.2 Å². The van der Waals surface area contributed by atoms with E-state index < -0.39 is 12.1 Å². The first-order valence-electron chi connectivity index (χ1n) is 29.4. The normalized spacial score (nSPS) is 12.6. The number of hydrogen-bond acceptors (Lipinski definition) is 5. The SMILES string of the molecule is CCCCCCCC/C=C\CCCCCCCCCCCC(=O)OCCCCCCCCCCCCCCC(=O)NC(CO)C(O)CCCCCCCCCCCCCCCCCCC. The van der Waals surface area contributed by atoms with Crippen molar-refractivity contribution in [2.24, 2.45) is 0 Å². The second-order valence-corrected chi connectivity index (χ2v) is 20.3. The quantitative estimate of drug-likeness (QED) is 0.0321. The molecule has 0 spiro atoms. The van der Waals surface area contributed by atoms with E-state index in [1.807, 2.05) is 0 Å². The Hall–Kier alpha value is -1.40. The van der Waals surface area contributed by atoms with E-state index in [1.165, 1.54) is 238 Å². The summed E-state index contributed by atoms with van der Waals surface area (Å²) in [5.41, 5.74) is 0. The Morgan fingerprint density at radius 2 is 0.723 bits per heavy atom. The average molecular weight is 919 g/mol. The zero-order chi connectivity index (χ0) is 47.2. The molecule has 2 unspecified atom stereocenters. The third kappa shape index (κ3) is 51.8. The van der Waals surface area contributed by atoms with Crippen LogP contribution in [0.1, 0.15) is 328 Å². The molecule has 3 N–H and O–H groups in total. The number of hydrogen-bond donors (Lipinski definition) is 3. The van der Waals surface area contributed by atoms with Crippen LogP contribution in [0.4, 0.5) is 0 Å². The number of allylic oxidation sites excluding steroid dienone is 2. The molecule has 65 heavy (non-hydrogen) atoms. The molecule has 0 rings (SSSR count). The lowest BCUT2D eigenvalue weighted by Crippen LogP contribution is -2.45. The molecule has 0 aromatic heterocycles. The molecular weight excluding hydrogens is 803 g/mol. The highest BCUT2D eigenvalue weighted by atomic mass is 16.5. The maximum Gasteiger partial charge on any atom is 0.305 e. The van der Waals surface area contributed by atoms with Gasteiger partial charge in [-0.1, -0.05) is 276 Å². The maximum atomic E-state index is 12.5. The number of aliphatic hydroxyl groups excluding tert-OH is 2. The average Bonchev–Trinajstić information content (AvgIpc) is 3.31. The Balaban J connectivity index is 3.43. The number of carbonyl (C=O) groups is 2. The number of amides is 1. The highest BCUT2D eigenvalue weighted by molar-refractivity contribution is 5.76. The Morgan fingerprint density at radius 1 is 0.415 bits per heavy atom. The first kappa shape index (κ1) is 63.6. The lowest BCUT2D eigenvalue weighted by Gasteiger charge is -2.22.